The van der Waals surface area contributed by atoms with Gasteiger partial charge in [0, 0.05) is 34.2 Å². The summed E-state index contributed by atoms with van der Waals surface area (Å²) in [6, 6.07) is 4.38. The lowest BCUT2D eigenvalue weighted by atomic mass is 10.1. The molecule has 0 saturated heterocycles. The van der Waals surface area contributed by atoms with E-state index in [1.54, 1.807) is 11.3 Å². The van der Waals surface area contributed by atoms with Crippen molar-refractivity contribution in [1.82, 2.24) is 5.32 Å². The van der Waals surface area contributed by atoms with E-state index in [2.05, 4.69) is 24.4 Å². The number of hydrogen-bond donors (Lipinski definition) is 2. The molecule has 1 aliphatic rings. The Morgan fingerprint density at radius 3 is 2.94 bits per heavy atom. The van der Waals surface area contributed by atoms with Crippen LogP contribution in [0, 0.1) is 12.8 Å². The maximum Gasteiger partial charge on any atom is 0.223 e. The van der Waals surface area contributed by atoms with Gasteiger partial charge in [0.25, 0.3) is 0 Å². The highest BCUT2D eigenvalue weighted by Gasteiger charge is 2.44. The second-order valence-corrected chi connectivity index (χ2v) is 6.34. The van der Waals surface area contributed by atoms with Crippen LogP contribution in [-0.4, -0.2) is 23.7 Å². The molecule has 3 unspecified atom stereocenters. The van der Waals surface area contributed by atoms with Crippen LogP contribution in [0.15, 0.2) is 12.1 Å². The van der Waals surface area contributed by atoms with Gasteiger partial charge in [-0.25, -0.2) is 0 Å². The fraction of sp³-hybridized carbons (Fsp3) is 0.643. The van der Waals surface area contributed by atoms with E-state index in [1.165, 1.54) is 9.75 Å². The number of aryl methyl sites for hydroxylation is 1. The zero-order valence-corrected chi connectivity index (χ0v) is 11.8. The summed E-state index contributed by atoms with van der Waals surface area (Å²) < 4.78 is 0. The van der Waals surface area contributed by atoms with Gasteiger partial charge in [-0.2, -0.15) is 0 Å². The molecule has 1 amide bonds. The van der Waals surface area contributed by atoms with Crippen LogP contribution in [0.3, 0.4) is 0 Å². The Bertz CT molecular complexity index is 416. The first-order chi connectivity index (χ1) is 8.65. The van der Waals surface area contributed by atoms with Crippen molar-refractivity contribution >= 4 is 17.2 Å². The normalized spacial score (nSPS) is 23.7. The van der Waals surface area contributed by atoms with Crippen molar-refractivity contribution in [2.45, 2.75) is 45.1 Å². The Balaban J connectivity index is 1.85. The summed E-state index contributed by atoms with van der Waals surface area (Å²) in [7, 11) is 0. The third-order valence-electron chi connectivity index (χ3n) is 3.57. The molecule has 1 fully saturated rings. The van der Waals surface area contributed by atoms with Crippen LogP contribution in [0.5, 0.6) is 0 Å². The third kappa shape index (κ3) is 3.12. The Kier molecular flexibility index (Phi) is 4.40. The van der Waals surface area contributed by atoms with Gasteiger partial charge in [-0.05, 0) is 38.3 Å². The average molecular weight is 267 g/mol. The minimum atomic E-state index is 0.119. The molecule has 1 aromatic rings. The van der Waals surface area contributed by atoms with E-state index in [-0.39, 0.29) is 24.5 Å². The molecule has 0 aliphatic heterocycles. The molecule has 1 heterocycles. The van der Waals surface area contributed by atoms with Gasteiger partial charge in [0.15, 0.2) is 0 Å². The van der Waals surface area contributed by atoms with Gasteiger partial charge in [-0.3, -0.25) is 4.79 Å². The molecule has 1 saturated carbocycles. The topological polar surface area (TPSA) is 49.3 Å². The van der Waals surface area contributed by atoms with Crippen LogP contribution in [0.2, 0.25) is 0 Å². The van der Waals surface area contributed by atoms with E-state index in [9.17, 15) is 4.79 Å². The van der Waals surface area contributed by atoms with E-state index >= 15 is 0 Å². The smallest absolute Gasteiger partial charge is 0.223 e. The molecule has 1 aliphatic carbocycles. The largest absolute Gasteiger partial charge is 0.396 e. The standard InChI is InChI=1S/C14H21NO2S/c1-3-10(6-7-16)15-14(17)12-8-11(12)13-5-4-9(2)18-13/h4-5,10-12,16H,3,6-8H2,1-2H3,(H,15,17). The fourth-order valence-electron chi connectivity index (χ4n) is 2.29. The molecule has 0 aromatic carbocycles. The van der Waals surface area contributed by atoms with E-state index in [4.69, 9.17) is 5.11 Å². The molecule has 100 valence electrons. The maximum absolute atomic E-state index is 12.1. The Hall–Kier alpha value is -0.870. The number of amides is 1. The molecule has 1 aromatic heterocycles. The zero-order valence-electron chi connectivity index (χ0n) is 11.0. The van der Waals surface area contributed by atoms with Crippen LogP contribution in [0.25, 0.3) is 0 Å². The quantitative estimate of drug-likeness (QED) is 0.831. The van der Waals surface area contributed by atoms with Crippen LogP contribution >= 0.6 is 11.3 Å². The highest BCUT2D eigenvalue weighted by Crippen LogP contribution is 2.49. The summed E-state index contributed by atoms with van der Waals surface area (Å²) in [6.07, 6.45) is 2.50. The minimum Gasteiger partial charge on any atom is -0.396 e. The molecule has 3 nitrogen and oxygen atoms in total. The predicted octanol–water partition coefficient (Wildman–Crippen LogP) is 2.44. The molecule has 2 N–H and O–H groups in total. The summed E-state index contributed by atoms with van der Waals surface area (Å²) >= 11 is 1.79. The van der Waals surface area contributed by atoms with E-state index in [0.717, 1.165) is 12.8 Å². The molecule has 0 radical (unpaired) electrons. The van der Waals surface area contributed by atoms with Gasteiger partial charge in [0.05, 0.1) is 0 Å². The van der Waals surface area contributed by atoms with Gasteiger partial charge < -0.3 is 10.4 Å². The van der Waals surface area contributed by atoms with Gasteiger partial charge in [-0.1, -0.05) is 6.92 Å². The highest BCUT2D eigenvalue weighted by atomic mass is 32.1. The molecule has 2 rings (SSSR count). The van der Waals surface area contributed by atoms with Crippen LogP contribution < -0.4 is 5.32 Å². The van der Waals surface area contributed by atoms with Crippen molar-refractivity contribution in [3.63, 3.8) is 0 Å². The van der Waals surface area contributed by atoms with E-state index in [0.29, 0.717) is 12.3 Å². The number of rotatable bonds is 6. The second kappa shape index (κ2) is 5.85. The average Bonchev–Trinajstić information content (AvgIpc) is 3.04. The Morgan fingerprint density at radius 1 is 1.61 bits per heavy atom. The predicted molar refractivity (Wildman–Crippen MR) is 73.8 cm³/mol. The molecule has 3 atom stereocenters. The van der Waals surface area contributed by atoms with Gasteiger partial charge in [0.1, 0.15) is 0 Å². The SMILES string of the molecule is CCC(CCO)NC(=O)C1CC1c1ccc(C)s1. The molecular weight excluding hydrogens is 246 g/mol. The maximum atomic E-state index is 12.1. The van der Waals surface area contributed by atoms with Gasteiger partial charge in [0.2, 0.25) is 5.91 Å². The summed E-state index contributed by atoms with van der Waals surface area (Å²) in [5.41, 5.74) is 0. The van der Waals surface area contributed by atoms with Crippen LogP contribution in [0.4, 0.5) is 0 Å². The fourth-order valence-corrected chi connectivity index (χ4v) is 3.35. The summed E-state index contributed by atoms with van der Waals surface area (Å²) in [5, 5.41) is 12.0. The number of carbonyl (C=O) groups excluding carboxylic acids is 1. The summed E-state index contributed by atoms with van der Waals surface area (Å²) in [6.45, 7) is 4.27. The molecule has 0 spiro atoms. The van der Waals surface area contributed by atoms with Crippen molar-refractivity contribution in [2.75, 3.05) is 6.61 Å². The number of aliphatic hydroxyl groups excluding tert-OH is 1. The van der Waals surface area contributed by atoms with E-state index < -0.39 is 0 Å². The zero-order chi connectivity index (χ0) is 13.1. The van der Waals surface area contributed by atoms with Crippen LogP contribution in [0.1, 0.15) is 41.9 Å². The second-order valence-electron chi connectivity index (χ2n) is 5.02. The molecule has 4 heteroatoms. The number of thiophene rings is 1. The summed E-state index contributed by atoms with van der Waals surface area (Å²) in [5.74, 6) is 0.734. The molecule has 0 bridgehead atoms. The number of aliphatic hydroxyl groups is 1. The number of nitrogens with one attached hydrogen (secondary N) is 1. The Morgan fingerprint density at radius 2 is 2.39 bits per heavy atom. The van der Waals surface area contributed by atoms with Gasteiger partial charge in [-0.15, -0.1) is 11.3 Å². The van der Waals surface area contributed by atoms with E-state index in [1.807, 2.05) is 6.92 Å². The lowest BCUT2D eigenvalue weighted by Crippen LogP contribution is -2.36. The molecular formula is C14H21NO2S. The van der Waals surface area contributed by atoms with Crippen LogP contribution in [-0.2, 0) is 4.79 Å². The van der Waals surface area contributed by atoms with Crippen molar-refractivity contribution in [2.24, 2.45) is 5.92 Å². The number of carbonyl (C=O) groups is 1. The van der Waals surface area contributed by atoms with Crippen molar-refractivity contribution in [3.05, 3.63) is 21.9 Å². The number of hydrogen-bond acceptors (Lipinski definition) is 3. The van der Waals surface area contributed by atoms with Crippen molar-refractivity contribution in [3.8, 4) is 0 Å². The van der Waals surface area contributed by atoms with Gasteiger partial charge >= 0.3 is 0 Å². The minimum absolute atomic E-state index is 0.119. The lowest BCUT2D eigenvalue weighted by molar-refractivity contribution is -0.123. The van der Waals surface area contributed by atoms with Crippen molar-refractivity contribution < 1.29 is 9.90 Å². The van der Waals surface area contributed by atoms with Crippen molar-refractivity contribution in [1.29, 1.82) is 0 Å². The monoisotopic (exact) mass is 267 g/mol. The molecule has 18 heavy (non-hydrogen) atoms. The first-order valence-electron chi connectivity index (χ1n) is 6.63. The Labute approximate surface area is 112 Å². The lowest BCUT2D eigenvalue weighted by Gasteiger charge is -2.15. The highest BCUT2D eigenvalue weighted by molar-refractivity contribution is 7.12. The first-order valence-corrected chi connectivity index (χ1v) is 7.45. The third-order valence-corrected chi connectivity index (χ3v) is 4.70. The summed E-state index contributed by atoms with van der Waals surface area (Å²) in [4.78, 5) is 14.7. The first kappa shape index (κ1) is 13.6.